The lowest BCUT2D eigenvalue weighted by Crippen LogP contribution is -2.05. The molecule has 0 aliphatic rings. The molecule has 1 heterocycles. The molecule has 0 aromatic carbocycles. The summed E-state index contributed by atoms with van der Waals surface area (Å²) in [5.74, 6) is 0. The number of nitrogens with two attached hydrogens (primary N) is 1. The molecule has 1 rings (SSSR count). The highest BCUT2D eigenvalue weighted by atomic mass is 35.5. The molecule has 2 N–H and O–H groups in total. The third-order valence-corrected chi connectivity index (χ3v) is 2.47. The highest BCUT2D eigenvalue weighted by Crippen LogP contribution is 2.26. The molecule has 0 spiro atoms. The lowest BCUT2D eigenvalue weighted by Gasteiger charge is -1.98. The third kappa shape index (κ3) is 1.68. The van der Waals surface area contributed by atoms with E-state index in [-0.39, 0.29) is 6.54 Å². The first-order chi connectivity index (χ1) is 4.74. The van der Waals surface area contributed by atoms with Gasteiger partial charge in [0.1, 0.15) is 6.17 Å². The fourth-order valence-corrected chi connectivity index (χ4v) is 1.68. The molecule has 0 radical (unpaired) electrons. The van der Waals surface area contributed by atoms with Crippen LogP contribution in [-0.4, -0.2) is 6.54 Å². The van der Waals surface area contributed by atoms with Crippen molar-refractivity contribution in [3.05, 3.63) is 21.3 Å². The smallest absolute Gasteiger partial charge is 0.146 e. The normalized spacial score (nSPS) is 13.5. The van der Waals surface area contributed by atoms with Gasteiger partial charge in [0, 0.05) is 16.8 Å². The standard InChI is InChI=1S/C6H7ClFNS/c7-4-1-6(10-3-4)5(8)2-9/h1,3,5H,2,9H2. The van der Waals surface area contributed by atoms with Crippen molar-refractivity contribution >= 4 is 22.9 Å². The summed E-state index contributed by atoms with van der Waals surface area (Å²) in [6, 6.07) is 1.60. The van der Waals surface area contributed by atoms with Gasteiger partial charge in [-0.2, -0.15) is 0 Å². The van der Waals surface area contributed by atoms with Crippen LogP contribution < -0.4 is 5.73 Å². The summed E-state index contributed by atoms with van der Waals surface area (Å²) in [4.78, 5) is 0.604. The molecule has 1 atom stereocenters. The fraction of sp³-hybridized carbons (Fsp3) is 0.333. The van der Waals surface area contributed by atoms with Crippen LogP contribution in [0, 0.1) is 0 Å². The Morgan fingerprint density at radius 2 is 2.50 bits per heavy atom. The van der Waals surface area contributed by atoms with Gasteiger partial charge in [0.25, 0.3) is 0 Å². The molecular formula is C6H7ClFNS. The Bertz CT molecular complexity index is 213. The van der Waals surface area contributed by atoms with Crippen LogP contribution in [0.15, 0.2) is 11.4 Å². The first kappa shape index (κ1) is 7.98. The second kappa shape index (κ2) is 3.32. The van der Waals surface area contributed by atoms with Crippen molar-refractivity contribution in [2.75, 3.05) is 6.54 Å². The van der Waals surface area contributed by atoms with E-state index in [4.69, 9.17) is 17.3 Å². The van der Waals surface area contributed by atoms with Crippen molar-refractivity contribution in [2.24, 2.45) is 5.73 Å². The predicted molar refractivity (Wildman–Crippen MR) is 42.2 cm³/mol. The van der Waals surface area contributed by atoms with Gasteiger partial charge in [-0.1, -0.05) is 11.6 Å². The van der Waals surface area contributed by atoms with E-state index in [0.29, 0.717) is 9.90 Å². The predicted octanol–water partition coefficient (Wildman–Crippen LogP) is 2.37. The number of alkyl halides is 1. The summed E-state index contributed by atoms with van der Waals surface area (Å²) in [5.41, 5.74) is 5.10. The molecule has 1 aromatic heterocycles. The van der Waals surface area contributed by atoms with Gasteiger partial charge in [-0.25, -0.2) is 4.39 Å². The Kier molecular flexibility index (Phi) is 2.65. The highest BCUT2D eigenvalue weighted by Gasteiger charge is 2.08. The van der Waals surface area contributed by atoms with E-state index >= 15 is 0 Å². The molecule has 0 saturated heterocycles. The summed E-state index contributed by atoms with van der Waals surface area (Å²) >= 11 is 6.86. The summed E-state index contributed by atoms with van der Waals surface area (Å²) in [7, 11) is 0. The second-order valence-corrected chi connectivity index (χ2v) is 3.25. The zero-order valence-corrected chi connectivity index (χ0v) is 6.75. The van der Waals surface area contributed by atoms with E-state index in [1.807, 2.05) is 0 Å². The molecule has 0 fully saturated rings. The monoisotopic (exact) mass is 179 g/mol. The van der Waals surface area contributed by atoms with Crippen LogP contribution in [0.3, 0.4) is 0 Å². The minimum atomic E-state index is -1.06. The maximum atomic E-state index is 12.7. The van der Waals surface area contributed by atoms with Crippen molar-refractivity contribution in [1.82, 2.24) is 0 Å². The number of hydrogen-bond donors (Lipinski definition) is 1. The van der Waals surface area contributed by atoms with Gasteiger partial charge in [-0.05, 0) is 6.07 Å². The van der Waals surface area contributed by atoms with Crippen LogP contribution in [0.2, 0.25) is 5.02 Å². The first-order valence-electron chi connectivity index (χ1n) is 2.82. The van der Waals surface area contributed by atoms with Gasteiger partial charge >= 0.3 is 0 Å². The van der Waals surface area contributed by atoms with Crippen LogP contribution in [0.4, 0.5) is 4.39 Å². The quantitative estimate of drug-likeness (QED) is 0.741. The number of thiophene rings is 1. The number of rotatable bonds is 2. The molecule has 1 nitrogen and oxygen atoms in total. The summed E-state index contributed by atoms with van der Waals surface area (Å²) < 4.78 is 12.7. The summed E-state index contributed by atoms with van der Waals surface area (Å²) in [5, 5.41) is 2.27. The van der Waals surface area contributed by atoms with Gasteiger partial charge in [0.05, 0.1) is 5.02 Å². The van der Waals surface area contributed by atoms with Crippen LogP contribution in [0.1, 0.15) is 11.0 Å². The number of halogens is 2. The Morgan fingerprint density at radius 3 is 2.90 bits per heavy atom. The van der Waals surface area contributed by atoms with Gasteiger partial charge in [-0.3, -0.25) is 0 Å². The van der Waals surface area contributed by atoms with Crippen molar-refractivity contribution in [3.8, 4) is 0 Å². The first-order valence-corrected chi connectivity index (χ1v) is 4.08. The van der Waals surface area contributed by atoms with Crippen LogP contribution in [-0.2, 0) is 0 Å². The number of hydrogen-bond acceptors (Lipinski definition) is 2. The fourth-order valence-electron chi connectivity index (χ4n) is 0.609. The maximum absolute atomic E-state index is 12.7. The molecule has 10 heavy (non-hydrogen) atoms. The molecular weight excluding hydrogens is 173 g/mol. The zero-order valence-electron chi connectivity index (χ0n) is 5.18. The topological polar surface area (TPSA) is 26.0 Å². The SMILES string of the molecule is NCC(F)c1cc(Cl)cs1. The van der Waals surface area contributed by atoms with E-state index < -0.39 is 6.17 Å². The maximum Gasteiger partial charge on any atom is 0.146 e. The average Bonchev–Trinajstić information content (AvgIpc) is 2.34. The van der Waals surface area contributed by atoms with Crippen molar-refractivity contribution in [1.29, 1.82) is 0 Å². The molecule has 1 unspecified atom stereocenters. The minimum Gasteiger partial charge on any atom is -0.327 e. The van der Waals surface area contributed by atoms with Crippen molar-refractivity contribution in [3.63, 3.8) is 0 Å². The lowest BCUT2D eigenvalue weighted by atomic mass is 10.3. The van der Waals surface area contributed by atoms with Crippen molar-refractivity contribution < 1.29 is 4.39 Å². The van der Waals surface area contributed by atoms with E-state index in [9.17, 15) is 4.39 Å². The molecule has 0 aliphatic carbocycles. The molecule has 0 amide bonds. The average molecular weight is 180 g/mol. The summed E-state index contributed by atoms with van der Waals surface area (Å²) in [6.45, 7) is 0.0246. The lowest BCUT2D eigenvalue weighted by molar-refractivity contribution is 0.358. The van der Waals surface area contributed by atoms with Crippen molar-refractivity contribution in [2.45, 2.75) is 6.17 Å². The van der Waals surface area contributed by atoms with Gasteiger partial charge in [-0.15, -0.1) is 11.3 Å². The molecule has 0 aliphatic heterocycles. The Morgan fingerprint density at radius 1 is 1.80 bits per heavy atom. The third-order valence-electron chi connectivity index (χ3n) is 1.10. The Labute approximate surface area is 67.6 Å². The largest absolute Gasteiger partial charge is 0.327 e. The van der Waals surface area contributed by atoms with E-state index in [1.54, 1.807) is 11.4 Å². The molecule has 56 valence electrons. The molecule has 0 saturated carbocycles. The molecule has 4 heteroatoms. The van der Waals surface area contributed by atoms with Gasteiger partial charge in [0.15, 0.2) is 0 Å². The second-order valence-electron chi connectivity index (χ2n) is 1.87. The van der Waals surface area contributed by atoms with Crippen LogP contribution in [0.25, 0.3) is 0 Å². The Balaban J connectivity index is 2.74. The molecule has 1 aromatic rings. The van der Waals surface area contributed by atoms with Gasteiger partial charge in [0.2, 0.25) is 0 Å². The highest BCUT2D eigenvalue weighted by molar-refractivity contribution is 7.10. The Hall–Kier alpha value is -0.120. The molecule has 0 bridgehead atoms. The van der Waals surface area contributed by atoms with Gasteiger partial charge < -0.3 is 5.73 Å². The zero-order chi connectivity index (χ0) is 7.56. The van der Waals surface area contributed by atoms with Crippen LogP contribution >= 0.6 is 22.9 Å². The van der Waals surface area contributed by atoms with Crippen LogP contribution in [0.5, 0.6) is 0 Å². The van der Waals surface area contributed by atoms with E-state index in [1.165, 1.54) is 11.3 Å². The minimum absolute atomic E-state index is 0.0246. The van der Waals surface area contributed by atoms with E-state index in [0.717, 1.165) is 0 Å². The summed E-state index contributed by atoms with van der Waals surface area (Å²) in [6.07, 6.45) is -1.06. The van der Waals surface area contributed by atoms with E-state index in [2.05, 4.69) is 0 Å².